The van der Waals surface area contributed by atoms with Gasteiger partial charge in [-0.2, -0.15) is 0 Å². The Morgan fingerprint density at radius 3 is 2.80 bits per heavy atom. The van der Waals surface area contributed by atoms with E-state index in [2.05, 4.69) is 9.97 Å². The van der Waals surface area contributed by atoms with Crippen molar-refractivity contribution >= 4 is 17.2 Å². The van der Waals surface area contributed by atoms with Gasteiger partial charge in [-0.25, -0.2) is 4.98 Å². The minimum absolute atomic E-state index is 0.200. The molecule has 0 atom stereocenters. The van der Waals surface area contributed by atoms with Crippen LogP contribution >= 0.6 is 11.3 Å². The van der Waals surface area contributed by atoms with Crippen LogP contribution in [0.5, 0.6) is 0 Å². The molecule has 0 bridgehead atoms. The Morgan fingerprint density at radius 2 is 2.15 bits per heavy atom. The van der Waals surface area contributed by atoms with Crippen molar-refractivity contribution in [2.75, 3.05) is 13.1 Å². The van der Waals surface area contributed by atoms with Crippen LogP contribution in [0, 0.1) is 0 Å². The fourth-order valence-corrected chi connectivity index (χ4v) is 2.86. The quantitative estimate of drug-likeness (QED) is 0.821. The van der Waals surface area contributed by atoms with Gasteiger partial charge in [-0.3, -0.25) is 9.78 Å². The molecule has 0 aromatic carbocycles. The highest BCUT2D eigenvalue weighted by Gasteiger charge is 2.11. The minimum atomic E-state index is 0.200. The van der Waals surface area contributed by atoms with E-state index < -0.39 is 0 Å². The second-order valence-electron chi connectivity index (χ2n) is 4.45. The van der Waals surface area contributed by atoms with Crippen LogP contribution in [-0.2, 0) is 11.2 Å². The van der Waals surface area contributed by atoms with E-state index in [0.717, 1.165) is 29.4 Å². The van der Waals surface area contributed by atoms with E-state index in [0.29, 0.717) is 12.8 Å². The summed E-state index contributed by atoms with van der Waals surface area (Å²) in [5, 5.41) is 2.99. The highest BCUT2D eigenvalue weighted by atomic mass is 32.1. The van der Waals surface area contributed by atoms with Gasteiger partial charge >= 0.3 is 0 Å². The third-order valence-electron chi connectivity index (χ3n) is 3.17. The number of hydrogen-bond acceptors (Lipinski definition) is 4. The molecule has 0 radical (unpaired) electrons. The second-order valence-corrected chi connectivity index (χ2v) is 5.31. The molecular formula is C15H19N3OS. The maximum Gasteiger partial charge on any atom is 0.222 e. The molecule has 5 heteroatoms. The number of aryl methyl sites for hydroxylation is 1. The fraction of sp³-hybridized carbons (Fsp3) is 0.400. The molecule has 4 nitrogen and oxygen atoms in total. The molecule has 0 saturated carbocycles. The molecule has 2 aromatic heterocycles. The highest BCUT2D eigenvalue weighted by molar-refractivity contribution is 7.13. The third-order valence-corrected chi connectivity index (χ3v) is 4.11. The first-order valence-electron chi connectivity index (χ1n) is 6.87. The molecule has 2 rings (SSSR count). The summed E-state index contributed by atoms with van der Waals surface area (Å²) in [7, 11) is 0. The molecule has 0 spiro atoms. The van der Waals surface area contributed by atoms with Gasteiger partial charge in [0.25, 0.3) is 0 Å². The molecule has 0 aliphatic carbocycles. The van der Waals surface area contributed by atoms with Gasteiger partial charge in [0.15, 0.2) is 0 Å². The summed E-state index contributed by atoms with van der Waals surface area (Å²) in [5.41, 5.74) is 2.01. The largest absolute Gasteiger partial charge is 0.343 e. The molecule has 1 amide bonds. The van der Waals surface area contributed by atoms with Gasteiger partial charge < -0.3 is 4.90 Å². The van der Waals surface area contributed by atoms with Crippen molar-refractivity contribution < 1.29 is 4.79 Å². The first-order chi connectivity index (χ1) is 9.74. The summed E-state index contributed by atoms with van der Waals surface area (Å²) < 4.78 is 0. The van der Waals surface area contributed by atoms with Gasteiger partial charge in [-0.1, -0.05) is 0 Å². The summed E-state index contributed by atoms with van der Waals surface area (Å²) in [5.74, 6) is 0.200. The lowest BCUT2D eigenvalue weighted by atomic mass is 10.2. The number of hydrogen-bond donors (Lipinski definition) is 0. The van der Waals surface area contributed by atoms with E-state index in [1.54, 1.807) is 17.5 Å². The van der Waals surface area contributed by atoms with E-state index in [9.17, 15) is 4.79 Å². The van der Waals surface area contributed by atoms with E-state index in [1.165, 1.54) is 0 Å². The molecule has 0 aliphatic heterocycles. The monoisotopic (exact) mass is 289 g/mol. The molecule has 0 saturated heterocycles. The summed E-state index contributed by atoms with van der Waals surface area (Å²) in [6.45, 7) is 5.55. The Bertz CT molecular complexity index is 549. The Morgan fingerprint density at radius 1 is 1.35 bits per heavy atom. The van der Waals surface area contributed by atoms with Crippen molar-refractivity contribution in [3.8, 4) is 10.6 Å². The van der Waals surface area contributed by atoms with Crippen molar-refractivity contribution in [3.63, 3.8) is 0 Å². The number of pyridine rings is 1. The molecule has 0 N–H and O–H groups in total. The molecule has 0 fully saturated rings. The van der Waals surface area contributed by atoms with Crippen LogP contribution < -0.4 is 0 Å². The fourth-order valence-electron chi connectivity index (χ4n) is 2.01. The smallest absolute Gasteiger partial charge is 0.222 e. The lowest BCUT2D eigenvalue weighted by Crippen LogP contribution is -2.30. The minimum Gasteiger partial charge on any atom is -0.343 e. The zero-order valence-corrected chi connectivity index (χ0v) is 12.7. The Hall–Kier alpha value is -1.75. The average Bonchev–Trinajstić information content (AvgIpc) is 2.96. The van der Waals surface area contributed by atoms with Crippen molar-refractivity contribution in [1.82, 2.24) is 14.9 Å². The number of rotatable bonds is 6. The second kappa shape index (κ2) is 7.14. The SMILES string of the molecule is CCN(CC)C(=O)CCc1csc(-c2cccnc2)n1. The summed E-state index contributed by atoms with van der Waals surface area (Å²) in [6.07, 6.45) is 4.79. The summed E-state index contributed by atoms with van der Waals surface area (Å²) in [4.78, 5) is 22.5. The number of carbonyl (C=O) groups is 1. The predicted octanol–water partition coefficient (Wildman–Crippen LogP) is 3.01. The maximum atomic E-state index is 11.9. The average molecular weight is 289 g/mol. The van der Waals surface area contributed by atoms with Crippen molar-refractivity contribution in [2.45, 2.75) is 26.7 Å². The predicted molar refractivity (Wildman–Crippen MR) is 81.6 cm³/mol. The number of carbonyl (C=O) groups excluding carboxylic acids is 1. The Balaban J connectivity index is 1.95. The Kier molecular flexibility index (Phi) is 5.24. The molecular weight excluding hydrogens is 270 g/mol. The number of aromatic nitrogens is 2. The normalized spacial score (nSPS) is 10.5. The van der Waals surface area contributed by atoms with Gasteiger partial charge in [-0.05, 0) is 32.4 Å². The van der Waals surface area contributed by atoms with Gasteiger partial charge in [0, 0.05) is 42.8 Å². The van der Waals surface area contributed by atoms with Crippen LogP contribution in [0.4, 0.5) is 0 Å². The molecule has 0 unspecified atom stereocenters. The van der Waals surface area contributed by atoms with Crippen LogP contribution in [-0.4, -0.2) is 33.9 Å². The van der Waals surface area contributed by atoms with E-state index >= 15 is 0 Å². The first kappa shape index (κ1) is 14.7. The topological polar surface area (TPSA) is 46.1 Å². The van der Waals surface area contributed by atoms with Crippen LogP contribution in [0.1, 0.15) is 26.0 Å². The molecule has 106 valence electrons. The Labute approximate surface area is 123 Å². The highest BCUT2D eigenvalue weighted by Crippen LogP contribution is 2.23. The van der Waals surface area contributed by atoms with Crippen LogP contribution in [0.25, 0.3) is 10.6 Å². The molecule has 2 aromatic rings. The van der Waals surface area contributed by atoms with Crippen molar-refractivity contribution in [3.05, 3.63) is 35.6 Å². The first-order valence-corrected chi connectivity index (χ1v) is 7.75. The lowest BCUT2D eigenvalue weighted by Gasteiger charge is -2.17. The third kappa shape index (κ3) is 3.63. The van der Waals surface area contributed by atoms with Crippen molar-refractivity contribution in [1.29, 1.82) is 0 Å². The van der Waals surface area contributed by atoms with E-state index in [1.807, 2.05) is 42.5 Å². The lowest BCUT2D eigenvalue weighted by molar-refractivity contribution is -0.130. The number of amides is 1. The zero-order chi connectivity index (χ0) is 14.4. The zero-order valence-electron chi connectivity index (χ0n) is 11.9. The van der Waals surface area contributed by atoms with Crippen molar-refractivity contribution in [2.24, 2.45) is 0 Å². The van der Waals surface area contributed by atoms with Crippen LogP contribution in [0.3, 0.4) is 0 Å². The number of nitrogens with zero attached hydrogens (tertiary/aromatic N) is 3. The molecule has 20 heavy (non-hydrogen) atoms. The molecule has 2 heterocycles. The van der Waals surface area contributed by atoms with Gasteiger partial charge in [0.1, 0.15) is 5.01 Å². The molecule has 0 aliphatic rings. The van der Waals surface area contributed by atoms with Gasteiger partial charge in [-0.15, -0.1) is 11.3 Å². The van der Waals surface area contributed by atoms with E-state index in [-0.39, 0.29) is 5.91 Å². The van der Waals surface area contributed by atoms with Gasteiger partial charge in [0.2, 0.25) is 5.91 Å². The summed E-state index contributed by atoms with van der Waals surface area (Å²) >= 11 is 1.60. The van der Waals surface area contributed by atoms with Gasteiger partial charge in [0.05, 0.1) is 5.69 Å². The number of thiazole rings is 1. The summed E-state index contributed by atoms with van der Waals surface area (Å²) in [6, 6.07) is 3.90. The van der Waals surface area contributed by atoms with Crippen LogP contribution in [0.15, 0.2) is 29.9 Å². The van der Waals surface area contributed by atoms with E-state index in [4.69, 9.17) is 0 Å². The standard InChI is InChI=1S/C15H19N3OS/c1-3-18(4-2)14(19)8-7-13-11-20-15(17-13)12-6-5-9-16-10-12/h5-6,9-11H,3-4,7-8H2,1-2H3. The van der Waals surface area contributed by atoms with Crippen LogP contribution in [0.2, 0.25) is 0 Å². The maximum absolute atomic E-state index is 11.9.